The summed E-state index contributed by atoms with van der Waals surface area (Å²) in [5.74, 6) is -1.63. The molecule has 0 unspecified atom stereocenters. The van der Waals surface area contributed by atoms with E-state index >= 15 is 0 Å². The van der Waals surface area contributed by atoms with Crippen molar-refractivity contribution in [3.63, 3.8) is 0 Å². The van der Waals surface area contributed by atoms with Crippen LogP contribution in [0.1, 0.15) is 59.8 Å². The van der Waals surface area contributed by atoms with E-state index < -0.39 is 17.9 Å². The van der Waals surface area contributed by atoms with Crippen LogP contribution in [0.15, 0.2) is 0 Å². The van der Waals surface area contributed by atoms with Crippen molar-refractivity contribution in [2.75, 3.05) is 13.2 Å². The second kappa shape index (κ2) is 8.21. The monoisotopic (exact) mass is 311 g/mol. The van der Waals surface area contributed by atoms with Crippen molar-refractivity contribution in [1.82, 2.24) is 4.98 Å². The summed E-state index contributed by atoms with van der Waals surface area (Å²) in [7, 11) is 0. The standard InChI is InChI=1S/C15H21NO6/c1-5-10-11(8-22-9(4)17)13(15(19)21-7-3)16-12(10)14(18)20-6-2/h16H,5-8H2,1-4H3. The number of carbonyl (C=O) groups excluding carboxylic acids is 3. The Morgan fingerprint density at radius 1 is 0.864 bits per heavy atom. The van der Waals surface area contributed by atoms with Crippen LogP contribution in [-0.2, 0) is 32.0 Å². The van der Waals surface area contributed by atoms with Crippen LogP contribution in [0.25, 0.3) is 0 Å². The van der Waals surface area contributed by atoms with Gasteiger partial charge in [0.25, 0.3) is 0 Å². The van der Waals surface area contributed by atoms with E-state index in [1.165, 1.54) is 6.92 Å². The molecule has 0 radical (unpaired) electrons. The zero-order valence-electron chi connectivity index (χ0n) is 13.3. The third kappa shape index (κ3) is 4.09. The molecule has 1 aromatic rings. The molecule has 0 saturated carbocycles. The third-order valence-electron chi connectivity index (χ3n) is 2.95. The lowest BCUT2D eigenvalue weighted by molar-refractivity contribution is -0.142. The van der Waals surface area contributed by atoms with Crippen LogP contribution in [0.3, 0.4) is 0 Å². The lowest BCUT2D eigenvalue weighted by Gasteiger charge is -2.07. The summed E-state index contributed by atoms with van der Waals surface area (Å²) in [6.45, 7) is 6.78. The average molecular weight is 311 g/mol. The fourth-order valence-electron chi connectivity index (χ4n) is 2.06. The molecule has 0 spiro atoms. The summed E-state index contributed by atoms with van der Waals surface area (Å²) in [5.41, 5.74) is 1.33. The van der Waals surface area contributed by atoms with Crippen LogP contribution in [-0.4, -0.2) is 36.1 Å². The maximum Gasteiger partial charge on any atom is 0.355 e. The van der Waals surface area contributed by atoms with Crippen molar-refractivity contribution in [2.24, 2.45) is 0 Å². The number of ether oxygens (including phenoxy) is 3. The van der Waals surface area contributed by atoms with Gasteiger partial charge >= 0.3 is 17.9 Å². The summed E-state index contributed by atoms with van der Waals surface area (Å²) in [4.78, 5) is 37.8. The first kappa shape index (κ1) is 17.7. The Kier molecular flexibility index (Phi) is 6.62. The fraction of sp³-hybridized carbons (Fsp3) is 0.533. The topological polar surface area (TPSA) is 94.7 Å². The average Bonchev–Trinajstić information content (AvgIpc) is 2.84. The molecule has 122 valence electrons. The maximum atomic E-state index is 12.0. The Bertz CT molecular complexity index is 561. The van der Waals surface area contributed by atoms with E-state index in [0.717, 1.165) is 0 Å². The number of carbonyl (C=O) groups is 3. The van der Waals surface area contributed by atoms with Gasteiger partial charge in [0.15, 0.2) is 0 Å². The normalized spacial score (nSPS) is 10.2. The molecule has 0 aliphatic carbocycles. The zero-order chi connectivity index (χ0) is 16.7. The van der Waals surface area contributed by atoms with Crippen LogP contribution in [0, 0.1) is 0 Å². The molecule has 0 saturated heterocycles. The van der Waals surface area contributed by atoms with Crippen molar-refractivity contribution in [3.05, 3.63) is 22.5 Å². The summed E-state index contributed by atoms with van der Waals surface area (Å²) in [5, 5.41) is 0. The molecule has 1 aromatic heterocycles. The van der Waals surface area contributed by atoms with Gasteiger partial charge in [-0.15, -0.1) is 0 Å². The van der Waals surface area contributed by atoms with Gasteiger partial charge in [0, 0.05) is 12.5 Å². The molecule has 1 heterocycles. The number of aromatic amines is 1. The molecule has 22 heavy (non-hydrogen) atoms. The van der Waals surface area contributed by atoms with E-state index in [1.807, 2.05) is 6.92 Å². The zero-order valence-corrected chi connectivity index (χ0v) is 13.3. The molecular formula is C15H21NO6. The molecule has 0 aliphatic heterocycles. The Balaban J connectivity index is 3.29. The van der Waals surface area contributed by atoms with Gasteiger partial charge in [0.2, 0.25) is 0 Å². The van der Waals surface area contributed by atoms with Crippen LogP contribution >= 0.6 is 0 Å². The molecule has 7 nitrogen and oxygen atoms in total. The van der Waals surface area contributed by atoms with Crippen molar-refractivity contribution >= 4 is 17.9 Å². The van der Waals surface area contributed by atoms with E-state index in [2.05, 4.69) is 4.98 Å². The third-order valence-corrected chi connectivity index (χ3v) is 2.95. The van der Waals surface area contributed by atoms with Crippen LogP contribution in [0.4, 0.5) is 0 Å². The van der Waals surface area contributed by atoms with Crippen molar-refractivity contribution in [2.45, 2.75) is 40.7 Å². The first-order valence-electron chi connectivity index (χ1n) is 7.17. The molecule has 0 amide bonds. The number of hydrogen-bond donors (Lipinski definition) is 1. The Hall–Kier alpha value is -2.31. The first-order valence-corrected chi connectivity index (χ1v) is 7.17. The minimum atomic E-state index is -0.602. The van der Waals surface area contributed by atoms with Gasteiger partial charge in [-0.05, 0) is 25.8 Å². The highest BCUT2D eigenvalue weighted by molar-refractivity contribution is 5.96. The highest BCUT2D eigenvalue weighted by Gasteiger charge is 2.26. The predicted octanol–water partition coefficient (Wildman–Crippen LogP) is 1.99. The van der Waals surface area contributed by atoms with E-state index in [0.29, 0.717) is 17.5 Å². The van der Waals surface area contributed by atoms with E-state index in [9.17, 15) is 14.4 Å². The van der Waals surface area contributed by atoms with Crippen molar-refractivity contribution < 1.29 is 28.6 Å². The maximum absolute atomic E-state index is 12.0. The van der Waals surface area contributed by atoms with Gasteiger partial charge in [-0.3, -0.25) is 4.79 Å². The molecule has 0 atom stereocenters. The number of rotatable bonds is 7. The number of hydrogen-bond acceptors (Lipinski definition) is 6. The second-order valence-electron chi connectivity index (χ2n) is 4.41. The minimum Gasteiger partial charge on any atom is -0.461 e. The minimum absolute atomic E-state index is 0.109. The Labute approximate surface area is 128 Å². The Morgan fingerprint density at radius 3 is 1.77 bits per heavy atom. The smallest absolute Gasteiger partial charge is 0.355 e. The molecule has 7 heteroatoms. The molecular weight excluding hydrogens is 290 g/mol. The van der Waals surface area contributed by atoms with E-state index in [4.69, 9.17) is 14.2 Å². The van der Waals surface area contributed by atoms with Gasteiger partial charge in [0.05, 0.1) is 13.2 Å². The van der Waals surface area contributed by atoms with Crippen molar-refractivity contribution in [3.8, 4) is 0 Å². The van der Waals surface area contributed by atoms with Gasteiger partial charge in [0.1, 0.15) is 18.0 Å². The van der Waals surface area contributed by atoms with Gasteiger partial charge < -0.3 is 19.2 Å². The number of nitrogens with one attached hydrogen (secondary N) is 1. The quantitative estimate of drug-likeness (QED) is 0.611. The van der Waals surface area contributed by atoms with Gasteiger partial charge in [-0.25, -0.2) is 9.59 Å². The highest BCUT2D eigenvalue weighted by Crippen LogP contribution is 2.23. The molecule has 1 N–H and O–H groups in total. The summed E-state index contributed by atoms with van der Waals surface area (Å²) in [6, 6.07) is 0. The highest BCUT2D eigenvalue weighted by atomic mass is 16.5. The van der Waals surface area contributed by atoms with Crippen LogP contribution in [0.2, 0.25) is 0 Å². The van der Waals surface area contributed by atoms with E-state index in [-0.39, 0.29) is 31.2 Å². The lowest BCUT2D eigenvalue weighted by Crippen LogP contribution is -2.10. The summed E-state index contributed by atoms with van der Waals surface area (Å²) >= 11 is 0. The molecule has 0 aromatic carbocycles. The Morgan fingerprint density at radius 2 is 1.36 bits per heavy atom. The van der Waals surface area contributed by atoms with Gasteiger partial charge in [-0.2, -0.15) is 0 Å². The molecule has 0 fully saturated rings. The van der Waals surface area contributed by atoms with E-state index in [1.54, 1.807) is 13.8 Å². The SMILES string of the molecule is CCOC(=O)c1[nH]c(C(=O)OCC)c(COC(C)=O)c1CC. The molecule has 1 rings (SSSR count). The number of aromatic nitrogens is 1. The second-order valence-corrected chi connectivity index (χ2v) is 4.41. The predicted molar refractivity (Wildman–Crippen MR) is 77.6 cm³/mol. The summed E-state index contributed by atoms with van der Waals surface area (Å²) < 4.78 is 14.9. The van der Waals surface area contributed by atoms with Crippen LogP contribution in [0.5, 0.6) is 0 Å². The number of esters is 3. The summed E-state index contributed by atoms with van der Waals surface area (Å²) in [6.07, 6.45) is 0.473. The fourth-order valence-corrected chi connectivity index (χ4v) is 2.06. The molecule has 0 bridgehead atoms. The van der Waals surface area contributed by atoms with Gasteiger partial charge in [-0.1, -0.05) is 6.92 Å². The molecule has 0 aliphatic rings. The lowest BCUT2D eigenvalue weighted by atomic mass is 10.1. The van der Waals surface area contributed by atoms with Crippen molar-refractivity contribution in [1.29, 1.82) is 0 Å². The number of H-pyrrole nitrogens is 1. The largest absolute Gasteiger partial charge is 0.461 e. The first-order chi connectivity index (χ1) is 10.5. The van der Waals surface area contributed by atoms with Crippen LogP contribution < -0.4 is 0 Å².